The van der Waals surface area contributed by atoms with E-state index in [1.807, 2.05) is 55.6 Å². The molecule has 19 heavy (non-hydrogen) atoms. The van der Waals surface area contributed by atoms with E-state index in [0.717, 1.165) is 28.3 Å². The molecule has 0 atom stereocenters. The number of aryl methyl sites for hydroxylation is 1. The van der Waals surface area contributed by atoms with Crippen molar-refractivity contribution in [2.75, 3.05) is 14.2 Å². The predicted octanol–water partition coefficient (Wildman–Crippen LogP) is 3.76. The lowest BCUT2D eigenvalue weighted by atomic mass is 10.2. The van der Waals surface area contributed by atoms with Gasteiger partial charge in [0.05, 0.1) is 14.2 Å². The van der Waals surface area contributed by atoms with Crippen LogP contribution in [0.3, 0.4) is 0 Å². The summed E-state index contributed by atoms with van der Waals surface area (Å²) in [4.78, 5) is 4.51. The molecule has 0 unspecified atom stereocenters. The van der Waals surface area contributed by atoms with Crippen molar-refractivity contribution in [3.05, 3.63) is 53.6 Å². The Kier molecular flexibility index (Phi) is 4.18. The second-order valence-electron chi connectivity index (χ2n) is 4.16. The van der Waals surface area contributed by atoms with Gasteiger partial charge in [-0.3, -0.25) is 4.99 Å². The first kappa shape index (κ1) is 13.1. The third-order valence-corrected chi connectivity index (χ3v) is 2.88. The van der Waals surface area contributed by atoms with Crippen molar-refractivity contribution < 1.29 is 9.47 Å². The van der Waals surface area contributed by atoms with E-state index < -0.39 is 0 Å². The Hall–Kier alpha value is -2.29. The van der Waals surface area contributed by atoms with Gasteiger partial charge in [0, 0.05) is 6.21 Å². The lowest BCUT2D eigenvalue weighted by Gasteiger charge is -2.06. The van der Waals surface area contributed by atoms with E-state index in [2.05, 4.69) is 4.99 Å². The van der Waals surface area contributed by atoms with Gasteiger partial charge in [0.2, 0.25) is 0 Å². The summed E-state index contributed by atoms with van der Waals surface area (Å²) in [6.07, 6.45) is 1.82. The summed E-state index contributed by atoms with van der Waals surface area (Å²) in [5.74, 6) is 1.62. The van der Waals surface area contributed by atoms with Crippen molar-refractivity contribution in [3.8, 4) is 11.5 Å². The van der Waals surface area contributed by atoms with Crippen LogP contribution in [0.5, 0.6) is 11.5 Å². The maximum absolute atomic E-state index is 5.32. The lowest BCUT2D eigenvalue weighted by Crippen LogP contribution is -1.87. The highest BCUT2D eigenvalue weighted by Gasteiger charge is 2.03. The Balaban J connectivity index is 2.26. The topological polar surface area (TPSA) is 30.8 Å². The maximum Gasteiger partial charge on any atom is 0.144 e. The van der Waals surface area contributed by atoms with Gasteiger partial charge in [-0.2, -0.15) is 0 Å². The predicted molar refractivity (Wildman–Crippen MR) is 78.0 cm³/mol. The summed E-state index contributed by atoms with van der Waals surface area (Å²) in [5, 5.41) is 0. The summed E-state index contributed by atoms with van der Waals surface area (Å²) >= 11 is 0. The van der Waals surface area contributed by atoms with Crippen LogP contribution in [0.25, 0.3) is 0 Å². The van der Waals surface area contributed by atoms with Gasteiger partial charge in [0.1, 0.15) is 17.2 Å². The van der Waals surface area contributed by atoms with Crippen molar-refractivity contribution in [2.45, 2.75) is 6.92 Å². The van der Waals surface area contributed by atoms with E-state index in [-0.39, 0.29) is 0 Å². The van der Waals surface area contributed by atoms with Crippen LogP contribution in [0.4, 0.5) is 5.69 Å². The quantitative estimate of drug-likeness (QED) is 0.779. The zero-order chi connectivity index (χ0) is 13.7. The van der Waals surface area contributed by atoms with Crippen molar-refractivity contribution in [3.63, 3.8) is 0 Å². The fourth-order valence-electron chi connectivity index (χ4n) is 1.79. The van der Waals surface area contributed by atoms with Crippen molar-refractivity contribution in [1.29, 1.82) is 0 Å². The van der Waals surface area contributed by atoms with Crippen LogP contribution < -0.4 is 9.47 Å². The first-order valence-corrected chi connectivity index (χ1v) is 6.06. The lowest BCUT2D eigenvalue weighted by molar-refractivity contribution is 0.415. The molecule has 0 aromatic heterocycles. The first-order valence-electron chi connectivity index (χ1n) is 6.06. The highest BCUT2D eigenvalue weighted by Crippen LogP contribution is 2.30. The van der Waals surface area contributed by atoms with Gasteiger partial charge in [0.15, 0.2) is 0 Å². The summed E-state index contributed by atoms with van der Waals surface area (Å²) < 4.78 is 10.4. The molecular weight excluding hydrogens is 238 g/mol. The molecular formula is C16H17NO2. The Morgan fingerprint density at radius 3 is 2.32 bits per heavy atom. The molecule has 0 aliphatic carbocycles. The molecule has 2 rings (SSSR count). The summed E-state index contributed by atoms with van der Waals surface area (Å²) in [5.41, 5.74) is 2.97. The van der Waals surface area contributed by atoms with Gasteiger partial charge in [-0.1, -0.05) is 12.1 Å². The number of para-hydroxylation sites is 1. The molecule has 0 heterocycles. The molecule has 0 N–H and O–H groups in total. The van der Waals surface area contributed by atoms with Crippen molar-refractivity contribution in [2.24, 2.45) is 4.99 Å². The number of nitrogens with zero attached hydrogens (tertiary/aromatic N) is 1. The standard InChI is InChI=1S/C16H17NO2/c1-12-5-4-6-15(19-3)16(12)17-11-13-7-9-14(18-2)10-8-13/h4-11H,1-3H3. The highest BCUT2D eigenvalue weighted by atomic mass is 16.5. The molecule has 0 aliphatic heterocycles. The smallest absolute Gasteiger partial charge is 0.144 e. The Morgan fingerprint density at radius 1 is 0.947 bits per heavy atom. The molecule has 0 bridgehead atoms. The molecule has 0 amide bonds. The number of benzene rings is 2. The molecule has 2 aromatic rings. The minimum absolute atomic E-state index is 0.782. The monoisotopic (exact) mass is 255 g/mol. The second kappa shape index (κ2) is 6.05. The Morgan fingerprint density at radius 2 is 1.68 bits per heavy atom. The molecule has 2 aromatic carbocycles. The minimum atomic E-state index is 0.782. The van der Waals surface area contributed by atoms with Gasteiger partial charge in [-0.15, -0.1) is 0 Å². The summed E-state index contributed by atoms with van der Waals surface area (Å²) in [6, 6.07) is 13.6. The minimum Gasteiger partial charge on any atom is -0.497 e. The van der Waals surface area contributed by atoms with Gasteiger partial charge >= 0.3 is 0 Å². The van der Waals surface area contributed by atoms with Crippen LogP contribution in [-0.2, 0) is 0 Å². The Bertz CT molecular complexity index is 574. The van der Waals surface area contributed by atoms with Gasteiger partial charge in [-0.25, -0.2) is 0 Å². The second-order valence-corrected chi connectivity index (χ2v) is 4.16. The Labute approximate surface area is 113 Å². The molecule has 0 radical (unpaired) electrons. The SMILES string of the molecule is COc1ccc(C=Nc2c(C)cccc2OC)cc1. The van der Waals surface area contributed by atoms with Gasteiger partial charge < -0.3 is 9.47 Å². The van der Waals surface area contributed by atoms with Crippen LogP contribution in [0.15, 0.2) is 47.5 Å². The van der Waals surface area contributed by atoms with E-state index >= 15 is 0 Å². The fourth-order valence-corrected chi connectivity index (χ4v) is 1.79. The van der Waals surface area contributed by atoms with Crippen LogP contribution in [-0.4, -0.2) is 20.4 Å². The molecule has 0 spiro atoms. The maximum atomic E-state index is 5.32. The third kappa shape index (κ3) is 3.13. The first-order chi connectivity index (χ1) is 9.24. The average Bonchev–Trinajstić information content (AvgIpc) is 2.46. The van der Waals surface area contributed by atoms with Gasteiger partial charge in [0.25, 0.3) is 0 Å². The van der Waals surface area contributed by atoms with Crippen LogP contribution in [0.1, 0.15) is 11.1 Å². The number of ether oxygens (including phenoxy) is 2. The number of methoxy groups -OCH3 is 2. The van der Waals surface area contributed by atoms with Crippen LogP contribution in [0.2, 0.25) is 0 Å². The van der Waals surface area contributed by atoms with E-state index in [0.29, 0.717) is 0 Å². The molecule has 0 saturated heterocycles. The van der Waals surface area contributed by atoms with Gasteiger partial charge in [-0.05, 0) is 48.4 Å². The van der Waals surface area contributed by atoms with E-state index in [1.54, 1.807) is 14.2 Å². The number of aliphatic imine (C=N–C) groups is 1. The molecule has 3 heteroatoms. The van der Waals surface area contributed by atoms with Crippen LogP contribution >= 0.6 is 0 Å². The summed E-state index contributed by atoms with van der Waals surface area (Å²) in [6.45, 7) is 2.02. The number of hydrogen-bond acceptors (Lipinski definition) is 3. The largest absolute Gasteiger partial charge is 0.497 e. The van der Waals surface area contributed by atoms with Crippen molar-refractivity contribution in [1.82, 2.24) is 0 Å². The zero-order valence-corrected chi connectivity index (χ0v) is 11.4. The van der Waals surface area contributed by atoms with Crippen molar-refractivity contribution >= 4 is 11.9 Å². The molecule has 0 aliphatic rings. The van der Waals surface area contributed by atoms with E-state index in [9.17, 15) is 0 Å². The number of hydrogen-bond donors (Lipinski definition) is 0. The third-order valence-electron chi connectivity index (χ3n) is 2.88. The number of rotatable bonds is 4. The normalized spacial score (nSPS) is 10.7. The molecule has 0 saturated carbocycles. The van der Waals surface area contributed by atoms with E-state index in [1.165, 1.54) is 0 Å². The summed E-state index contributed by atoms with van der Waals surface area (Å²) in [7, 11) is 3.31. The van der Waals surface area contributed by atoms with Crippen LogP contribution in [0, 0.1) is 6.92 Å². The fraction of sp³-hybridized carbons (Fsp3) is 0.188. The highest BCUT2D eigenvalue weighted by molar-refractivity contribution is 5.83. The zero-order valence-electron chi connectivity index (χ0n) is 11.4. The average molecular weight is 255 g/mol. The van der Waals surface area contributed by atoms with E-state index in [4.69, 9.17) is 9.47 Å². The molecule has 0 fully saturated rings. The molecule has 3 nitrogen and oxygen atoms in total. The molecule has 98 valence electrons.